The highest BCUT2D eigenvalue weighted by molar-refractivity contribution is 6.10. The van der Waals surface area contributed by atoms with E-state index < -0.39 is 6.85 Å². The Bertz CT molecular complexity index is 2660. The van der Waals surface area contributed by atoms with E-state index in [9.17, 15) is 0 Å². The fourth-order valence-electron chi connectivity index (χ4n) is 6.72. The van der Waals surface area contributed by atoms with Crippen LogP contribution in [0.1, 0.15) is 62.3 Å². The first kappa shape index (κ1) is 28.2. The minimum absolute atomic E-state index is 0.0458. The van der Waals surface area contributed by atoms with Crippen LogP contribution >= 0.6 is 0 Å². The summed E-state index contributed by atoms with van der Waals surface area (Å²) in [6.07, 6.45) is 3.59. The lowest BCUT2D eigenvalue weighted by molar-refractivity contribution is 0.479. The van der Waals surface area contributed by atoms with Crippen molar-refractivity contribution < 1.29 is 8.85 Å². The van der Waals surface area contributed by atoms with Crippen LogP contribution in [0.2, 0.25) is 0 Å². The molecule has 248 valence electrons. The zero-order chi connectivity index (χ0) is 37.3. The summed E-state index contributed by atoms with van der Waals surface area (Å²) in [4.78, 5) is 9.45. The molecule has 0 aliphatic rings. The van der Waals surface area contributed by atoms with Crippen molar-refractivity contribution in [2.24, 2.45) is 0 Å². The van der Waals surface area contributed by atoms with Crippen molar-refractivity contribution in [2.45, 2.75) is 59.2 Å². The highest BCUT2D eigenvalue weighted by atomic mass is 16.5. The minimum Gasteiger partial charge on any atom is -0.457 e. The van der Waals surface area contributed by atoms with E-state index in [2.05, 4.69) is 130 Å². The van der Waals surface area contributed by atoms with Gasteiger partial charge < -0.3 is 4.74 Å². The Morgan fingerprint density at radius 3 is 2.20 bits per heavy atom. The van der Waals surface area contributed by atoms with Crippen LogP contribution < -0.4 is 4.74 Å². The summed E-state index contributed by atoms with van der Waals surface area (Å²) in [7, 11) is 0. The standard InChI is InChI=1S/C45H42N4O/c1-29-12-11-15-40-43(29)47-28-48(40)34-23-33(45(5,6)7)24-36(26-34)50-35-17-18-37-38-22-31(30-13-9-8-10-14-30)16-19-39(38)49(41(37)27-35)42-25-32(20-21-46-42)44(2,3)4/h8-28H,1-7H3/i1D3. The first-order valence-electron chi connectivity index (χ1n) is 18.6. The summed E-state index contributed by atoms with van der Waals surface area (Å²) < 4.78 is 35.1. The number of ether oxygens (including phenoxy) is 1. The van der Waals surface area contributed by atoms with E-state index in [0.717, 1.165) is 55.5 Å². The summed E-state index contributed by atoms with van der Waals surface area (Å²) in [5.74, 6) is 2.21. The maximum atomic E-state index is 8.05. The van der Waals surface area contributed by atoms with Crippen molar-refractivity contribution in [1.29, 1.82) is 0 Å². The number of fused-ring (bicyclic) bond motifs is 4. The molecular weight excluding hydrogens is 613 g/mol. The average Bonchev–Trinajstić information content (AvgIpc) is 3.69. The van der Waals surface area contributed by atoms with Gasteiger partial charge in [0, 0.05) is 33.2 Å². The van der Waals surface area contributed by atoms with Gasteiger partial charge in [0.15, 0.2) is 0 Å². The Morgan fingerprint density at radius 1 is 0.600 bits per heavy atom. The molecule has 0 unspecified atom stereocenters. The van der Waals surface area contributed by atoms with Crippen LogP contribution in [0.5, 0.6) is 11.5 Å². The molecule has 3 aromatic heterocycles. The van der Waals surface area contributed by atoms with Gasteiger partial charge in [-0.2, -0.15) is 0 Å². The monoisotopic (exact) mass is 657 g/mol. The number of hydrogen-bond donors (Lipinski definition) is 0. The van der Waals surface area contributed by atoms with E-state index in [1.54, 1.807) is 18.5 Å². The molecule has 0 bridgehead atoms. The number of aromatic nitrogens is 4. The number of benzene rings is 5. The third-order valence-corrected chi connectivity index (χ3v) is 9.53. The number of hydrogen-bond acceptors (Lipinski definition) is 3. The maximum absolute atomic E-state index is 8.05. The Balaban J connectivity index is 1.29. The Hall–Kier alpha value is -5.68. The van der Waals surface area contributed by atoms with Crippen molar-refractivity contribution in [3.63, 3.8) is 0 Å². The van der Waals surface area contributed by atoms with Crippen LogP contribution in [0.15, 0.2) is 128 Å². The molecule has 8 rings (SSSR count). The maximum Gasteiger partial charge on any atom is 0.137 e. The van der Waals surface area contributed by atoms with Gasteiger partial charge in [0.25, 0.3) is 0 Å². The van der Waals surface area contributed by atoms with E-state index in [1.165, 1.54) is 5.56 Å². The summed E-state index contributed by atoms with van der Waals surface area (Å²) in [5, 5.41) is 2.24. The summed E-state index contributed by atoms with van der Waals surface area (Å²) in [5.41, 5.74) is 8.68. The predicted molar refractivity (Wildman–Crippen MR) is 207 cm³/mol. The highest BCUT2D eigenvalue weighted by Gasteiger charge is 2.21. The molecule has 8 aromatic rings. The molecule has 5 nitrogen and oxygen atoms in total. The van der Waals surface area contributed by atoms with E-state index in [4.69, 9.17) is 13.8 Å². The van der Waals surface area contributed by atoms with Crippen LogP contribution in [0.3, 0.4) is 0 Å². The number of aryl methyl sites for hydroxylation is 1. The smallest absolute Gasteiger partial charge is 0.137 e. The van der Waals surface area contributed by atoms with Gasteiger partial charge in [-0.05, 0) is 100 Å². The van der Waals surface area contributed by atoms with E-state index in [0.29, 0.717) is 17.0 Å². The fraction of sp³-hybridized carbons (Fsp3) is 0.200. The molecule has 3 heterocycles. The van der Waals surface area contributed by atoms with Crippen LogP contribution in [-0.2, 0) is 10.8 Å². The van der Waals surface area contributed by atoms with E-state index >= 15 is 0 Å². The number of para-hydroxylation sites is 1. The SMILES string of the molecule is [2H]C([2H])([2H])c1cccc2c1ncn2-c1cc(Oc2ccc3c4cc(-c5ccccc5)ccc4n(-c4cc(C(C)(C)C)ccn4)c3c2)cc(C(C)(C)C)c1. The highest BCUT2D eigenvalue weighted by Crippen LogP contribution is 2.39. The van der Waals surface area contributed by atoms with Crippen molar-refractivity contribution >= 4 is 32.8 Å². The van der Waals surface area contributed by atoms with Gasteiger partial charge >= 0.3 is 0 Å². The summed E-state index contributed by atoms with van der Waals surface area (Å²) in [6.45, 7) is 10.9. The second kappa shape index (κ2) is 11.7. The molecule has 5 heteroatoms. The summed E-state index contributed by atoms with van der Waals surface area (Å²) in [6, 6.07) is 39.1. The van der Waals surface area contributed by atoms with Crippen molar-refractivity contribution in [2.75, 3.05) is 0 Å². The fourth-order valence-corrected chi connectivity index (χ4v) is 6.72. The largest absolute Gasteiger partial charge is 0.457 e. The van der Waals surface area contributed by atoms with E-state index in [1.807, 2.05) is 35.0 Å². The molecule has 0 fully saturated rings. The van der Waals surface area contributed by atoms with Crippen molar-refractivity contribution in [1.82, 2.24) is 19.1 Å². The van der Waals surface area contributed by atoms with Gasteiger partial charge in [0.2, 0.25) is 0 Å². The molecular formula is C45H42N4O. The van der Waals surface area contributed by atoms with Gasteiger partial charge in [-0.15, -0.1) is 0 Å². The molecule has 0 atom stereocenters. The third kappa shape index (κ3) is 5.63. The molecule has 0 radical (unpaired) electrons. The van der Waals surface area contributed by atoms with Gasteiger partial charge in [-0.25, -0.2) is 9.97 Å². The van der Waals surface area contributed by atoms with Crippen molar-refractivity contribution in [3.05, 3.63) is 144 Å². The van der Waals surface area contributed by atoms with Gasteiger partial charge in [-0.3, -0.25) is 9.13 Å². The molecule has 0 saturated heterocycles. The zero-order valence-corrected chi connectivity index (χ0v) is 29.3. The van der Waals surface area contributed by atoms with Crippen LogP contribution in [-0.4, -0.2) is 19.1 Å². The average molecular weight is 658 g/mol. The lowest BCUT2D eigenvalue weighted by atomic mass is 9.86. The number of imidazole rings is 1. The zero-order valence-electron chi connectivity index (χ0n) is 32.3. The molecule has 0 saturated carbocycles. The number of rotatable bonds is 5. The second-order valence-electron chi connectivity index (χ2n) is 15.1. The predicted octanol–water partition coefficient (Wildman–Crippen LogP) is 11.9. The van der Waals surface area contributed by atoms with Crippen molar-refractivity contribution in [3.8, 4) is 34.1 Å². The van der Waals surface area contributed by atoms with Crippen LogP contribution in [0.4, 0.5) is 0 Å². The third-order valence-electron chi connectivity index (χ3n) is 9.53. The second-order valence-corrected chi connectivity index (χ2v) is 15.1. The van der Waals surface area contributed by atoms with Crippen LogP contribution in [0.25, 0.3) is 55.5 Å². The van der Waals surface area contributed by atoms with Crippen LogP contribution in [0, 0.1) is 6.85 Å². The molecule has 0 aliphatic carbocycles. The first-order chi connectivity index (χ1) is 25.1. The Kier molecular flexibility index (Phi) is 6.61. The van der Waals surface area contributed by atoms with E-state index in [-0.39, 0.29) is 16.4 Å². The molecule has 0 aliphatic heterocycles. The Morgan fingerprint density at radius 2 is 1.42 bits per heavy atom. The lowest BCUT2D eigenvalue weighted by Gasteiger charge is -2.22. The topological polar surface area (TPSA) is 44.9 Å². The first-order valence-corrected chi connectivity index (χ1v) is 17.1. The number of pyridine rings is 1. The van der Waals surface area contributed by atoms with Gasteiger partial charge in [-0.1, -0.05) is 90.1 Å². The normalized spacial score (nSPS) is 13.4. The summed E-state index contributed by atoms with van der Waals surface area (Å²) >= 11 is 0. The lowest BCUT2D eigenvalue weighted by Crippen LogP contribution is -2.12. The molecule has 0 spiro atoms. The molecule has 0 N–H and O–H groups in total. The molecule has 0 amide bonds. The number of nitrogens with zero attached hydrogens (tertiary/aromatic N) is 4. The Labute approximate surface area is 298 Å². The quantitative estimate of drug-likeness (QED) is 0.185. The molecule has 5 aromatic carbocycles. The molecule has 50 heavy (non-hydrogen) atoms. The van der Waals surface area contributed by atoms with Gasteiger partial charge in [0.05, 0.1) is 27.8 Å². The minimum atomic E-state index is -2.27. The van der Waals surface area contributed by atoms with Gasteiger partial charge in [0.1, 0.15) is 23.6 Å².